The van der Waals surface area contributed by atoms with Gasteiger partial charge in [-0.05, 0) is 50.7 Å². The first-order chi connectivity index (χ1) is 17.7. The van der Waals surface area contributed by atoms with Crippen LogP contribution in [0, 0.1) is 18.8 Å². The van der Waals surface area contributed by atoms with E-state index in [-0.39, 0.29) is 11.9 Å². The Kier molecular flexibility index (Phi) is 7.81. The molecule has 4 rings (SSSR count). The van der Waals surface area contributed by atoms with E-state index in [9.17, 15) is 22.8 Å². The van der Waals surface area contributed by atoms with Gasteiger partial charge in [0.1, 0.15) is 0 Å². The lowest BCUT2D eigenvalue weighted by atomic mass is 9.80. The number of aliphatic carboxylic acids is 1. The predicted octanol–water partition coefficient (Wildman–Crippen LogP) is 6.23. The molecule has 0 spiro atoms. The molecule has 0 unspecified atom stereocenters. The molecule has 2 aliphatic carbocycles. The van der Waals surface area contributed by atoms with Crippen molar-refractivity contribution in [3.63, 3.8) is 0 Å². The van der Waals surface area contributed by atoms with E-state index in [0.29, 0.717) is 47.8 Å². The minimum atomic E-state index is -4.89. The number of carbonyl (C=O) groups is 2. The molecule has 2 fully saturated rings. The molecule has 10 heteroatoms. The summed E-state index contributed by atoms with van der Waals surface area (Å²) in [5.74, 6) is -1.76. The molecular weight excluding hydrogens is 499 g/mol. The van der Waals surface area contributed by atoms with E-state index in [1.54, 1.807) is 12.1 Å². The summed E-state index contributed by atoms with van der Waals surface area (Å²) < 4.78 is 45.7. The van der Waals surface area contributed by atoms with Crippen molar-refractivity contribution in [1.29, 1.82) is 0 Å². The number of carboxylic acids is 1. The van der Waals surface area contributed by atoms with Crippen molar-refractivity contribution in [2.75, 3.05) is 0 Å². The summed E-state index contributed by atoms with van der Waals surface area (Å²) >= 11 is 0. The molecule has 2 saturated carbocycles. The van der Waals surface area contributed by atoms with Crippen LogP contribution in [0.5, 0.6) is 5.88 Å². The minimum Gasteiger partial charge on any atom is -0.481 e. The van der Waals surface area contributed by atoms with Crippen molar-refractivity contribution in [3.8, 4) is 17.1 Å². The number of hydrogen-bond acceptors (Lipinski definition) is 4. The summed E-state index contributed by atoms with van der Waals surface area (Å²) in [4.78, 5) is 28.5. The van der Waals surface area contributed by atoms with Crippen LogP contribution in [0.25, 0.3) is 11.3 Å². The molecule has 0 bridgehead atoms. The topological polar surface area (TPSA) is 93.5 Å². The number of nitrogens with zero attached hydrogens (tertiary/aromatic N) is 2. The van der Waals surface area contributed by atoms with Crippen molar-refractivity contribution in [3.05, 3.63) is 35.2 Å². The maximum atomic E-state index is 13.3. The zero-order valence-corrected chi connectivity index (χ0v) is 22.3. The Bertz CT molecular complexity index is 1190. The molecule has 1 amide bonds. The first-order valence-corrected chi connectivity index (χ1v) is 13.2. The molecule has 2 aromatic rings. The monoisotopic (exact) mass is 535 g/mol. The summed E-state index contributed by atoms with van der Waals surface area (Å²) in [6.07, 6.45) is 1.45. The van der Waals surface area contributed by atoms with Crippen LogP contribution in [-0.4, -0.2) is 38.9 Å². The van der Waals surface area contributed by atoms with Crippen LogP contribution in [0.4, 0.5) is 13.2 Å². The van der Waals surface area contributed by atoms with Crippen LogP contribution in [0.15, 0.2) is 18.2 Å². The summed E-state index contributed by atoms with van der Waals surface area (Å²) in [5, 5.41) is 12.1. The number of alkyl halides is 3. The zero-order valence-electron chi connectivity index (χ0n) is 22.3. The lowest BCUT2D eigenvalue weighted by Gasteiger charge is -2.32. The second kappa shape index (κ2) is 10.6. The number of nitrogens with one attached hydrogen (secondary N) is 1. The zero-order chi connectivity index (χ0) is 27.8. The van der Waals surface area contributed by atoms with Crippen LogP contribution in [0.1, 0.15) is 87.5 Å². The summed E-state index contributed by atoms with van der Waals surface area (Å²) in [5.41, 5.74) is 2.19. The Hall–Kier alpha value is -3.04. The number of carbonyl (C=O) groups excluding carboxylic acids is 1. The van der Waals surface area contributed by atoms with Gasteiger partial charge in [-0.1, -0.05) is 40.0 Å². The van der Waals surface area contributed by atoms with E-state index in [2.05, 4.69) is 15.0 Å². The van der Waals surface area contributed by atoms with E-state index >= 15 is 0 Å². The van der Waals surface area contributed by atoms with Crippen LogP contribution >= 0.6 is 0 Å². The van der Waals surface area contributed by atoms with Gasteiger partial charge in [0.25, 0.3) is 5.91 Å². The summed E-state index contributed by atoms with van der Waals surface area (Å²) in [7, 11) is 0. The molecule has 2 heterocycles. The highest BCUT2D eigenvalue weighted by Gasteiger charge is 2.36. The molecule has 0 aliphatic heterocycles. The largest absolute Gasteiger partial charge is 0.574 e. The number of hydrogen-bond donors (Lipinski definition) is 2. The third-order valence-corrected chi connectivity index (χ3v) is 7.69. The smallest absolute Gasteiger partial charge is 0.481 e. The first kappa shape index (κ1) is 28.0. The molecule has 7 nitrogen and oxygen atoms in total. The lowest BCUT2D eigenvalue weighted by molar-refractivity contribution is -0.276. The Morgan fingerprint density at radius 3 is 2.34 bits per heavy atom. The lowest BCUT2D eigenvalue weighted by Crippen LogP contribution is -2.46. The number of ether oxygens (including phenoxy) is 1. The standard InChI is InChI=1S/C28H36F3N3O4/c1-16-21(25(35)32-20-10-19(11-20)26(36)37)14-22(34(16)15-17-8-6-5-7-9-17)18-12-23(27(2,3)4)33-24(13-18)38-28(29,30)31/h12-14,17,19-20H,5-11,15H2,1-4H3,(H,32,35)(H,36,37)/t19-,20-. The normalized spacial score (nSPS) is 20.6. The third kappa shape index (κ3) is 6.50. The van der Waals surface area contributed by atoms with E-state index in [1.807, 2.05) is 32.3 Å². The van der Waals surface area contributed by atoms with Crippen molar-refractivity contribution >= 4 is 11.9 Å². The van der Waals surface area contributed by atoms with Crippen LogP contribution in [0.3, 0.4) is 0 Å². The van der Waals surface area contributed by atoms with Crippen LogP contribution in [0.2, 0.25) is 0 Å². The number of carboxylic acid groups (broad SMARTS) is 1. The molecule has 2 aromatic heterocycles. The fourth-order valence-corrected chi connectivity index (χ4v) is 5.39. The predicted molar refractivity (Wildman–Crippen MR) is 136 cm³/mol. The number of amides is 1. The van der Waals surface area contributed by atoms with Gasteiger partial charge in [0, 0.05) is 41.0 Å². The molecule has 2 aliphatic rings. The molecule has 208 valence electrons. The first-order valence-electron chi connectivity index (χ1n) is 13.2. The van der Waals surface area contributed by atoms with Gasteiger partial charge in [-0.3, -0.25) is 9.59 Å². The van der Waals surface area contributed by atoms with Gasteiger partial charge in [-0.25, -0.2) is 4.98 Å². The van der Waals surface area contributed by atoms with Crippen molar-refractivity contribution < 1.29 is 32.6 Å². The Morgan fingerprint density at radius 1 is 1.11 bits per heavy atom. The number of aromatic nitrogens is 2. The Morgan fingerprint density at radius 2 is 1.76 bits per heavy atom. The van der Waals surface area contributed by atoms with Gasteiger partial charge >= 0.3 is 12.3 Å². The van der Waals surface area contributed by atoms with Crippen molar-refractivity contribution in [2.45, 2.75) is 97.0 Å². The second-order valence-corrected chi connectivity index (χ2v) is 11.7. The van der Waals surface area contributed by atoms with Crippen molar-refractivity contribution in [2.24, 2.45) is 11.8 Å². The average molecular weight is 536 g/mol. The number of pyridine rings is 1. The van der Waals surface area contributed by atoms with Gasteiger partial charge in [-0.15, -0.1) is 13.2 Å². The van der Waals surface area contributed by atoms with Gasteiger partial charge < -0.3 is 19.7 Å². The maximum absolute atomic E-state index is 13.3. The van der Waals surface area contributed by atoms with Crippen LogP contribution < -0.4 is 10.1 Å². The molecule has 38 heavy (non-hydrogen) atoms. The van der Waals surface area contributed by atoms with E-state index in [4.69, 9.17) is 5.11 Å². The van der Waals surface area contributed by atoms with Crippen LogP contribution in [-0.2, 0) is 16.8 Å². The highest BCUT2D eigenvalue weighted by molar-refractivity contribution is 5.97. The second-order valence-electron chi connectivity index (χ2n) is 11.7. The Labute approximate surface area is 220 Å². The molecule has 0 atom stereocenters. The quantitative estimate of drug-likeness (QED) is 0.439. The molecule has 0 aromatic carbocycles. The van der Waals surface area contributed by atoms with Gasteiger partial charge in [0.15, 0.2) is 0 Å². The SMILES string of the molecule is Cc1c(C(=O)N[C@H]2C[C@H](C(=O)O)C2)cc(-c2cc(OC(F)(F)F)nc(C(C)(C)C)c2)n1CC1CCCCC1. The molecule has 0 radical (unpaired) electrons. The van der Waals surface area contributed by atoms with Gasteiger partial charge in [0.05, 0.1) is 17.2 Å². The van der Waals surface area contributed by atoms with Gasteiger partial charge in [0.2, 0.25) is 5.88 Å². The molecular formula is C28H36F3N3O4. The van der Waals surface area contributed by atoms with Crippen molar-refractivity contribution in [1.82, 2.24) is 14.9 Å². The molecule has 0 saturated heterocycles. The van der Waals surface area contributed by atoms with Gasteiger partial charge in [-0.2, -0.15) is 0 Å². The number of rotatable bonds is 7. The maximum Gasteiger partial charge on any atom is 0.574 e. The fraction of sp³-hybridized carbons (Fsp3) is 0.607. The summed E-state index contributed by atoms with van der Waals surface area (Å²) in [6.45, 7) is 8.10. The fourth-order valence-electron chi connectivity index (χ4n) is 5.39. The highest BCUT2D eigenvalue weighted by Crippen LogP contribution is 2.36. The molecule has 2 N–H and O–H groups in total. The van der Waals surface area contributed by atoms with E-state index in [0.717, 1.165) is 31.4 Å². The average Bonchev–Trinajstić information content (AvgIpc) is 3.10. The van der Waals surface area contributed by atoms with E-state index in [1.165, 1.54) is 12.5 Å². The van der Waals surface area contributed by atoms with E-state index < -0.39 is 29.5 Å². The Balaban J connectivity index is 1.73. The number of halogens is 3. The minimum absolute atomic E-state index is 0.214. The summed E-state index contributed by atoms with van der Waals surface area (Å²) in [6, 6.07) is 4.55. The highest BCUT2D eigenvalue weighted by atomic mass is 19.4. The third-order valence-electron chi connectivity index (χ3n) is 7.69.